The van der Waals surface area contributed by atoms with Crippen molar-refractivity contribution < 1.29 is 23.1 Å². The number of ether oxygens (including phenoxy) is 1. The smallest absolute Gasteiger partial charge is 0.304 e. The lowest BCUT2D eigenvalue weighted by Gasteiger charge is -2.39. The summed E-state index contributed by atoms with van der Waals surface area (Å²) >= 11 is 0. The summed E-state index contributed by atoms with van der Waals surface area (Å²) in [5.41, 5.74) is 1.50. The molecule has 2 aromatic rings. The standard InChI is InChI=1S/C23H30N4O5S/c1-16-7-6-10-26(13-16)33(30,31)27-14-20(15-28)32-23-21(27)11-19(12-24-23)25-22(29)17(2)18-8-4-3-5-9-18/h3-5,8-9,11-12,16-17,20,28H,6-7,10,13-15H2,1-2H3,(H,25,29)/t16-,17-,20+/m0/s1. The number of pyridine rings is 1. The number of aromatic nitrogens is 1. The Morgan fingerprint density at radius 3 is 2.76 bits per heavy atom. The first-order valence-electron chi connectivity index (χ1n) is 11.2. The molecule has 1 aromatic carbocycles. The number of aliphatic hydroxyl groups is 1. The van der Waals surface area contributed by atoms with Gasteiger partial charge in [-0.1, -0.05) is 37.3 Å². The number of hydrogen-bond acceptors (Lipinski definition) is 6. The molecule has 0 radical (unpaired) electrons. The highest BCUT2D eigenvalue weighted by Gasteiger charge is 2.39. The Kier molecular flexibility index (Phi) is 6.87. The molecule has 0 spiro atoms. The molecule has 33 heavy (non-hydrogen) atoms. The summed E-state index contributed by atoms with van der Waals surface area (Å²) < 4.78 is 35.5. The van der Waals surface area contributed by atoms with Gasteiger partial charge >= 0.3 is 10.2 Å². The fourth-order valence-corrected chi connectivity index (χ4v) is 6.02. The molecular weight excluding hydrogens is 444 g/mol. The van der Waals surface area contributed by atoms with Crippen LogP contribution in [0.1, 0.15) is 38.2 Å². The van der Waals surface area contributed by atoms with Gasteiger partial charge in [-0.15, -0.1) is 0 Å². The molecule has 0 unspecified atom stereocenters. The van der Waals surface area contributed by atoms with Crippen LogP contribution in [0.15, 0.2) is 42.6 Å². The van der Waals surface area contributed by atoms with Gasteiger partial charge in [-0.05, 0) is 37.3 Å². The SMILES string of the molecule is C[C@H]1CCCN(S(=O)(=O)N2C[C@H](CO)Oc3ncc(NC(=O)[C@@H](C)c4ccccc4)cc32)C1. The molecule has 0 saturated carbocycles. The summed E-state index contributed by atoms with van der Waals surface area (Å²) in [4.78, 5) is 17.1. The summed E-state index contributed by atoms with van der Waals surface area (Å²) in [6.45, 7) is 4.36. The number of hydrogen-bond donors (Lipinski definition) is 2. The molecule has 9 nitrogen and oxygen atoms in total. The number of nitrogens with one attached hydrogen (secondary N) is 1. The van der Waals surface area contributed by atoms with E-state index in [1.54, 1.807) is 13.0 Å². The van der Waals surface area contributed by atoms with Crippen LogP contribution in [0.3, 0.4) is 0 Å². The van der Waals surface area contributed by atoms with Gasteiger partial charge in [0.15, 0.2) is 0 Å². The number of benzene rings is 1. The predicted octanol–water partition coefficient (Wildman–Crippen LogP) is 2.36. The highest BCUT2D eigenvalue weighted by Crippen LogP contribution is 2.37. The van der Waals surface area contributed by atoms with Crippen molar-refractivity contribution in [3.8, 4) is 5.88 Å². The maximum atomic E-state index is 13.5. The summed E-state index contributed by atoms with van der Waals surface area (Å²) in [5.74, 6) is -0.243. The van der Waals surface area contributed by atoms with E-state index in [9.17, 15) is 18.3 Å². The maximum Gasteiger partial charge on any atom is 0.304 e. The van der Waals surface area contributed by atoms with E-state index < -0.39 is 22.2 Å². The lowest BCUT2D eigenvalue weighted by atomic mass is 10.0. The van der Waals surface area contributed by atoms with Gasteiger partial charge in [-0.25, -0.2) is 9.29 Å². The molecule has 2 N–H and O–H groups in total. The Bertz CT molecular complexity index is 1100. The minimum absolute atomic E-state index is 0.0315. The number of amides is 1. The van der Waals surface area contributed by atoms with Crippen LogP contribution in [-0.2, 0) is 15.0 Å². The van der Waals surface area contributed by atoms with Gasteiger partial charge in [0.2, 0.25) is 11.8 Å². The normalized spacial score (nSPS) is 22.2. The lowest BCUT2D eigenvalue weighted by molar-refractivity contribution is -0.117. The topological polar surface area (TPSA) is 112 Å². The van der Waals surface area contributed by atoms with Crippen molar-refractivity contribution in [1.82, 2.24) is 9.29 Å². The molecule has 1 fully saturated rings. The van der Waals surface area contributed by atoms with Crippen molar-refractivity contribution >= 4 is 27.5 Å². The molecule has 2 aliphatic heterocycles. The average molecular weight is 475 g/mol. The van der Waals surface area contributed by atoms with Crippen molar-refractivity contribution in [3.05, 3.63) is 48.2 Å². The number of aliphatic hydroxyl groups excluding tert-OH is 1. The number of anilines is 2. The summed E-state index contributed by atoms with van der Waals surface area (Å²) in [7, 11) is -3.86. The van der Waals surface area contributed by atoms with Gasteiger partial charge in [-0.3, -0.25) is 4.79 Å². The van der Waals surface area contributed by atoms with Crippen molar-refractivity contribution in [2.24, 2.45) is 5.92 Å². The molecule has 4 rings (SSSR count). The Hall–Kier alpha value is -2.69. The van der Waals surface area contributed by atoms with Gasteiger partial charge in [0, 0.05) is 13.1 Å². The zero-order chi connectivity index (χ0) is 23.6. The van der Waals surface area contributed by atoms with E-state index in [4.69, 9.17) is 4.74 Å². The fourth-order valence-electron chi connectivity index (χ4n) is 4.21. The van der Waals surface area contributed by atoms with E-state index in [0.29, 0.717) is 18.8 Å². The summed E-state index contributed by atoms with van der Waals surface area (Å²) in [6.07, 6.45) is 2.50. The van der Waals surface area contributed by atoms with Gasteiger partial charge in [0.05, 0.1) is 31.0 Å². The third-order valence-corrected chi connectivity index (χ3v) is 8.02. The number of rotatable bonds is 6. The molecule has 10 heteroatoms. The first-order chi connectivity index (χ1) is 15.8. The van der Waals surface area contributed by atoms with Crippen LogP contribution in [-0.4, -0.2) is 61.1 Å². The molecule has 1 saturated heterocycles. The van der Waals surface area contributed by atoms with Crippen LogP contribution < -0.4 is 14.4 Å². The second-order valence-corrected chi connectivity index (χ2v) is 10.6. The van der Waals surface area contributed by atoms with E-state index in [2.05, 4.69) is 10.3 Å². The van der Waals surface area contributed by atoms with Gasteiger partial charge in [0.25, 0.3) is 0 Å². The quantitative estimate of drug-likeness (QED) is 0.665. The number of carbonyl (C=O) groups is 1. The van der Waals surface area contributed by atoms with Crippen molar-refractivity contribution in [1.29, 1.82) is 0 Å². The van der Waals surface area contributed by atoms with Crippen molar-refractivity contribution in [3.63, 3.8) is 0 Å². The molecular formula is C23H30N4O5S. The minimum atomic E-state index is -3.86. The highest BCUT2D eigenvalue weighted by atomic mass is 32.2. The van der Waals surface area contributed by atoms with Crippen LogP contribution in [0.5, 0.6) is 5.88 Å². The van der Waals surface area contributed by atoms with Crippen LogP contribution >= 0.6 is 0 Å². The molecule has 178 valence electrons. The van der Waals surface area contributed by atoms with E-state index in [1.807, 2.05) is 37.3 Å². The number of nitrogens with zero attached hydrogens (tertiary/aromatic N) is 3. The zero-order valence-corrected chi connectivity index (χ0v) is 19.7. The summed E-state index contributed by atoms with van der Waals surface area (Å²) in [6, 6.07) is 11.0. The van der Waals surface area contributed by atoms with E-state index in [0.717, 1.165) is 18.4 Å². The molecule has 0 aliphatic carbocycles. The molecule has 3 heterocycles. The Labute approximate surface area is 194 Å². The largest absolute Gasteiger partial charge is 0.468 e. The van der Waals surface area contributed by atoms with Gasteiger partial charge < -0.3 is 15.2 Å². The second kappa shape index (κ2) is 9.66. The molecule has 1 aromatic heterocycles. The molecule has 2 aliphatic rings. The average Bonchev–Trinajstić information content (AvgIpc) is 2.83. The second-order valence-electron chi connectivity index (χ2n) is 8.74. The number of fused-ring (bicyclic) bond motifs is 1. The molecule has 0 bridgehead atoms. The van der Waals surface area contributed by atoms with Crippen LogP contribution in [0.2, 0.25) is 0 Å². The first kappa shape index (κ1) is 23.5. The third kappa shape index (κ3) is 4.97. The van der Waals surface area contributed by atoms with Gasteiger partial charge in [0.1, 0.15) is 11.8 Å². The Morgan fingerprint density at radius 1 is 1.30 bits per heavy atom. The summed E-state index contributed by atoms with van der Waals surface area (Å²) in [5, 5.41) is 12.5. The van der Waals surface area contributed by atoms with E-state index in [1.165, 1.54) is 14.8 Å². The van der Waals surface area contributed by atoms with Crippen LogP contribution in [0, 0.1) is 5.92 Å². The zero-order valence-electron chi connectivity index (χ0n) is 18.8. The molecule has 3 atom stereocenters. The third-order valence-electron chi connectivity index (χ3n) is 6.14. The Morgan fingerprint density at radius 2 is 2.06 bits per heavy atom. The van der Waals surface area contributed by atoms with Crippen molar-refractivity contribution in [2.75, 3.05) is 35.9 Å². The number of carbonyl (C=O) groups excluding carboxylic acids is 1. The maximum absolute atomic E-state index is 13.5. The predicted molar refractivity (Wildman–Crippen MR) is 125 cm³/mol. The number of piperidine rings is 1. The highest BCUT2D eigenvalue weighted by molar-refractivity contribution is 7.90. The van der Waals surface area contributed by atoms with Crippen LogP contribution in [0.25, 0.3) is 0 Å². The van der Waals surface area contributed by atoms with E-state index in [-0.39, 0.29) is 36.5 Å². The Balaban J connectivity index is 1.61. The fraction of sp³-hybridized carbons (Fsp3) is 0.478. The van der Waals surface area contributed by atoms with E-state index >= 15 is 0 Å². The van der Waals surface area contributed by atoms with Gasteiger partial charge in [-0.2, -0.15) is 12.7 Å². The lowest BCUT2D eigenvalue weighted by Crippen LogP contribution is -2.53. The monoisotopic (exact) mass is 474 g/mol. The van der Waals surface area contributed by atoms with Crippen LogP contribution in [0.4, 0.5) is 11.4 Å². The first-order valence-corrected chi connectivity index (χ1v) is 12.6. The van der Waals surface area contributed by atoms with Crippen molar-refractivity contribution in [2.45, 2.75) is 38.7 Å². The minimum Gasteiger partial charge on any atom is -0.468 e. The molecule has 1 amide bonds.